The van der Waals surface area contributed by atoms with Crippen LogP contribution in [0.4, 0.5) is 4.39 Å². The first kappa shape index (κ1) is 14.8. The summed E-state index contributed by atoms with van der Waals surface area (Å²) in [6.07, 6.45) is 3.73. The van der Waals surface area contributed by atoms with Crippen LogP contribution in [0.25, 0.3) is 0 Å². The first-order chi connectivity index (χ1) is 8.87. The molecule has 2 unspecified atom stereocenters. The van der Waals surface area contributed by atoms with Crippen molar-refractivity contribution in [1.29, 1.82) is 0 Å². The maximum atomic E-state index is 13.1. The Balaban J connectivity index is 1.90. The molecule has 1 fully saturated rings. The SMILES string of the molecule is CC1CC(C)(C)CCC1NCc1ccc(F)c(Cl)c1. The Bertz CT molecular complexity index is 444. The van der Waals surface area contributed by atoms with Crippen LogP contribution >= 0.6 is 11.6 Å². The summed E-state index contributed by atoms with van der Waals surface area (Å²) in [6, 6.07) is 5.50. The Morgan fingerprint density at radius 3 is 2.79 bits per heavy atom. The molecule has 3 heteroatoms. The van der Waals surface area contributed by atoms with E-state index in [1.54, 1.807) is 12.1 Å². The van der Waals surface area contributed by atoms with Crippen molar-refractivity contribution in [3.05, 3.63) is 34.6 Å². The van der Waals surface area contributed by atoms with E-state index in [9.17, 15) is 4.39 Å². The molecule has 0 saturated heterocycles. The number of hydrogen-bond acceptors (Lipinski definition) is 1. The summed E-state index contributed by atoms with van der Waals surface area (Å²) in [5, 5.41) is 3.80. The van der Waals surface area contributed by atoms with Crippen molar-refractivity contribution < 1.29 is 4.39 Å². The summed E-state index contributed by atoms with van der Waals surface area (Å²) in [5.74, 6) is 0.331. The van der Waals surface area contributed by atoms with Gasteiger partial charge in [0.2, 0.25) is 0 Å². The highest BCUT2D eigenvalue weighted by Crippen LogP contribution is 2.38. The first-order valence-electron chi connectivity index (χ1n) is 7.05. The van der Waals surface area contributed by atoms with Crippen molar-refractivity contribution in [3.63, 3.8) is 0 Å². The van der Waals surface area contributed by atoms with Crippen LogP contribution in [0, 0.1) is 17.2 Å². The highest BCUT2D eigenvalue weighted by molar-refractivity contribution is 6.30. The fraction of sp³-hybridized carbons (Fsp3) is 0.625. The third kappa shape index (κ3) is 3.93. The van der Waals surface area contributed by atoms with Gasteiger partial charge in [0.15, 0.2) is 0 Å². The van der Waals surface area contributed by atoms with E-state index in [-0.39, 0.29) is 10.8 Å². The van der Waals surface area contributed by atoms with Gasteiger partial charge in [0, 0.05) is 12.6 Å². The maximum Gasteiger partial charge on any atom is 0.141 e. The lowest BCUT2D eigenvalue weighted by Gasteiger charge is -2.39. The third-order valence-corrected chi connectivity index (χ3v) is 4.54. The zero-order chi connectivity index (χ0) is 14.0. The maximum absolute atomic E-state index is 13.1. The number of hydrogen-bond donors (Lipinski definition) is 1. The summed E-state index contributed by atoms with van der Waals surface area (Å²) < 4.78 is 13.1. The summed E-state index contributed by atoms with van der Waals surface area (Å²) in [7, 11) is 0. The number of rotatable bonds is 3. The average molecular weight is 284 g/mol. The van der Waals surface area contributed by atoms with Gasteiger partial charge in [0.1, 0.15) is 5.82 Å². The van der Waals surface area contributed by atoms with Crippen LogP contribution in [0.3, 0.4) is 0 Å². The van der Waals surface area contributed by atoms with Crippen molar-refractivity contribution >= 4 is 11.6 Å². The van der Waals surface area contributed by atoms with Crippen LogP contribution in [0.15, 0.2) is 18.2 Å². The molecule has 1 saturated carbocycles. The van der Waals surface area contributed by atoms with Crippen molar-refractivity contribution in [2.24, 2.45) is 11.3 Å². The minimum atomic E-state index is -0.349. The number of nitrogens with one attached hydrogen (secondary N) is 1. The van der Waals surface area contributed by atoms with Gasteiger partial charge < -0.3 is 5.32 Å². The molecule has 2 rings (SSSR count). The quantitative estimate of drug-likeness (QED) is 0.841. The normalized spacial score (nSPS) is 26.4. The van der Waals surface area contributed by atoms with Crippen molar-refractivity contribution in [2.75, 3.05) is 0 Å². The second kappa shape index (κ2) is 5.80. The number of halogens is 2. The van der Waals surface area contributed by atoms with Crippen molar-refractivity contribution in [3.8, 4) is 0 Å². The topological polar surface area (TPSA) is 12.0 Å². The summed E-state index contributed by atoms with van der Waals surface area (Å²) in [4.78, 5) is 0. The molecule has 0 spiro atoms. The molecule has 0 aliphatic heterocycles. The van der Waals surface area contributed by atoms with Gasteiger partial charge in [0.05, 0.1) is 5.02 Å². The molecule has 0 radical (unpaired) electrons. The van der Waals surface area contributed by atoms with E-state index >= 15 is 0 Å². The zero-order valence-corrected chi connectivity index (χ0v) is 12.7. The van der Waals surface area contributed by atoms with E-state index in [1.165, 1.54) is 25.3 Å². The molecule has 0 aromatic heterocycles. The second-order valence-electron chi connectivity index (χ2n) is 6.62. The molecule has 1 aliphatic rings. The molecular weight excluding hydrogens is 261 g/mol. The van der Waals surface area contributed by atoms with E-state index in [2.05, 4.69) is 26.1 Å². The molecule has 1 aromatic rings. The van der Waals surface area contributed by atoms with E-state index in [1.807, 2.05) is 0 Å². The molecule has 1 aliphatic carbocycles. The fourth-order valence-corrected chi connectivity index (χ4v) is 3.35. The Morgan fingerprint density at radius 1 is 1.42 bits per heavy atom. The van der Waals surface area contributed by atoms with E-state index in [0.717, 1.165) is 12.1 Å². The van der Waals surface area contributed by atoms with E-state index < -0.39 is 0 Å². The smallest absolute Gasteiger partial charge is 0.141 e. The summed E-state index contributed by atoms with van der Waals surface area (Å²) in [6.45, 7) is 7.77. The fourth-order valence-electron chi connectivity index (χ4n) is 3.15. The van der Waals surface area contributed by atoms with Crippen LogP contribution in [0.2, 0.25) is 5.02 Å². The van der Waals surface area contributed by atoms with Crippen LogP contribution in [0.5, 0.6) is 0 Å². The Hall–Kier alpha value is -0.600. The molecule has 2 atom stereocenters. The molecule has 19 heavy (non-hydrogen) atoms. The molecule has 0 heterocycles. The van der Waals surface area contributed by atoms with Gasteiger partial charge in [-0.25, -0.2) is 4.39 Å². The van der Waals surface area contributed by atoms with Crippen LogP contribution in [-0.4, -0.2) is 6.04 Å². The highest BCUT2D eigenvalue weighted by atomic mass is 35.5. The van der Waals surface area contributed by atoms with Gasteiger partial charge in [-0.15, -0.1) is 0 Å². The lowest BCUT2D eigenvalue weighted by molar-refractivity contribution is 0.148. The minimum Gasteiger partial charge on any atom is -0.310 e. The average Bonchev–Trinajstić information content (AvgIpc) is 2.31. The molecule has 106 valence electrons. The highest BCUT2D eigenvalue weighted by Gasteiger charge is 2.31. The van der Waals surface area contributed by atoms with Gasteiger partial charge in [-0.3, -0.25) is 0 Å². The van der Waals surface area contributed by atoms with Crippen LogP contribution in [-0.2, 0) is 6.54 Å². The molecule has 0 bridgehead atoms. The zero-order valence-electron chi connectivity index (χ0n) is 12.0. The Morgan fingerprint density at radius 2 is 2.16 bits per heavy atom. The monoisotopic (exact) mass is 283 g/mol. The Labute approximate surface area is 120 Å². The predicted octanol–water partition coefficient (Wildman–Crippen LogP) is 4.78. The third-order valence-electron chi connectivity index (χ3n) is 4.25. The van der Waals surface area contributed by atoms with Crippen LogP contribution < -0.4 is 5.32 Å². The standard InChI is InChI=1S/C16H23ClFN/c1-11-9-16(2,3)7-6-15(11)19-10-12-4-5-14(18)13(17)8-12/h4-5,8,11,15,19H,6-7,9-10H2,1-3H3. The van der Waals surface area contributed by atoms with Crippen molar-refractivity contribution in [1.82, 2.24) is 5.32 Å². The molecule has 0 amide bonds. The largest absolute Gasteiger partial charge is 0.310 e. The van der Waals surface area contributed by atoms with E-state index in [0.29, 0.717) is 17.4 Å². The Kier molecular flexibility index (Phi) is 4.52. The second-order valence-corrected chi connectivity index (χ2v) is 7.03. The first-order valence-corrected chi connectivity index (χ1v) is 7.42. The van der Waals surface area contributed by atoms with Crippen molar-refractivity contribution in [2.45, 2.75) is 52.6 Å². The van der Waals surface area contributed by atoms with Crippen LogP contribution in [0.1, 0.15) is 45.6 Å². The van der Waals surface area contributed by atoms with Gasteiger partial charge >= 0.3 is 0 Å². The molecular formula is C16H23ClFN. The van der Waals surface area contributed by atoms with Gasteiger partial charge in [0.25, 0.3) is 0 Å². The molecule has 1 aromatic carbocycles. The summed E-state index contributed by atoms with van der Waals surface area (Å²) in [5.41, 5.74) is 1.51. The molecule has 1 N–H and O–H groups in total. The van der Waals surface area contributed by atoms with E-state index in [4.69, 9.17) is 11.6 Å². The van der Waals surface area contributed by atoms with Gasteiger partial charge in [-0.1, -0.05) is 38.4 Å². The minimum absolute atomic E-state index is 0.206. The lowest BCUT2D eigenvalue weighted by Crippen LogP contribution is -2.41. The lowest BCUT2D eigenvalue weighted by atomic mass is 9.70. The molecule has 1 nitrogen and oxygen atoms in total. The van der Waals surface area contributed by atoms with Gasteiger partial charge in [-0.2, -0.15) is 0 Å². The number of benzene rings is 1. The summed E-state index contributed by atoms with van der Waals surface area (Å²) >= 11 is 5.80. The van der Waals surface area contributed by atoms with Gasteiger partial charge in [-0.05, 0) is 48.3 Å². The predicted molar refractivity (Wildman–Crippen MR) is 78.8 cm³/mol.